The molecule has 192 valence electrons. The van der Waals surface area contributed by atoms with Gasteiger partial charge in [0.25, 0.3) is 5.91 Å². The molecule has 37 heavy (non-hydrogen) atoms. The third-order valence-corrected chi connectivity index (χ3v) is 5.96. The van der Waals surface area contributed by atoms with Crippen LogP contribution in [0.1, 0.15) is 16.2 Å². The van der Waals surface area contributed by atoms with Gasteiger partial charge in [0.2, 0.25) is 11.9 Å². The molecule has 15 nitrogen and oxygen atoms in total. The summed E-state index contributed by atoms with van der Waals surface area (Å²) in [5.74, 6) is 2.17. The lowest BCUT2D eigenvalue weighted by Crippen LogP contribution is -2.37. The van der Waals surface area contributed by atoms with Crippen molar-refractivity contribution in [3.8, 4) is 11.4 Å². The molecule has 4 aromatic heterocycles. The number of amides is 1. The number of hydrogen-bond donors (Lipinski definition) is 3. The number of carbonyl (C=O) groups is 1. The topological polar surface area (TPSA) is 172 Å². The van der Waals surface area contributed by atoms with Crippen LogP contribution in [0.2, 0.25) is 0 Å². The molecule has 3 N–H and O–H groups in total. The standard InChI is InChI=1S/C22H26N12O3/c1-23-21-24-8-13(9-25-21)17-29-18-16(19(30-17)34-4-6-37-7-5-34)28-15(33(18)3)12-32(2)22-26-10-14(11-27-22)20(35)31-36/h8-11,36H,4-7,12H2,1-3H3,(H,31,35)(H,23,24,25). The highest BCUT2D eigenvalue weighted by Crippen LogP contribution is 2.28. The summed E-state index contributed by atoms with van der Waals surface area (Å²) < 4.78 is 7.45. The van der Waals surface area contributed by atoms with Crippen LogP contribution in [0.5, 0.6) is 0 Å². The lowest BCUT2D eigenvalue weighted by atomic mass is 10.3. The highest BCUT2D eigenvalue weighted by molar-refractivity contribution is 5.92. The van der Waals surface area contributed by atoms with E-state index in [2.05, 4.69) is 30.2 Å². The van der Waals surface area contributed by atoms with Crippen molar-refractivity contribution in [1.29, 1.82) is 0 Å². The fraction of sp³-hybridized carbons (Fsp3) is 0.364. The molecule has 5 rings (SSSR count). The zero-order chi connectivity index (χ0) is 25.9. The molecule has 0 aromatic carbocycles. The van der Waals surface area contributed by atoms with Crippen LogP contribution < -0.4 is 20.6 Å². The van der Waals surface area contributed by atoms with Crippen LogP contribution in [0, 0.1) is 0 Å². The van der Waals surface area contributed by atoms with Gasteiger partial charge in [-0.2, -0.15) is 0 Å². The highest BCUT2D eigenvalue weighted by Gasteiger charge is 2.23. The third-order valence-electron chi connectivity index (χ3n) is 5.96. The Labute approximate surface area is 211 Å². The van der Waals surface area contributed by atoms with E-state index in [-0.39, 0.29) is 5.56 Å². The molecule has 0 radical (unpaired) electrons. The first-order valence-electron chi connectivity index (χ1n) is 11.5. The Morgan fingerprint density at radius 1 is 1.08 bits per heavy atom. The number of rotatable bonds is 7. The molecule has 0 bridgehead atoms. The van der Waals surface area contributed by atoms with Gasteiger partial charge in [0.15, 0.2) is 22.8 Å². The molecule has 0 aliphatic carbocycles. The van der Waals surface area contributed by atoms with E-state index in [1.54, 1.807) is 29.8 Å². The summed E-state index contributed by atoms with van der Waals surface area (Å²) >= 11 is 0. The second-order valence-electron chi connectivity index (χ2n) is 8.34. The van der Waals surface area contributed by atoms with E-state index < -0.39 is 5.91 Å². The van der Waals surface area contributed by atoms with Crippen molar-refractivity contribution in [2.75, 3.05) is 55.5 Å². The van der Waals surface area contributed by atoms with E-state index in [1.165, 1.54) is 12.4 Å². The van der Waals surface area contributed by atoms with Crippen molar-refractivity contribution in [1.82, 2.24) is 44.9 Å². The zero-order valence-corrected chi connectivity index (χ0v) is 20.6. The van der Waals surface area contributed by atoms with E-state index in [9.17, 15) is 4.79 Å². The summed E-state index contributed by atoms with van der Waals surface area (Å²) in [7, 11) is 5.48. The van der Waals surface area contributed by atoms with Crippen LogP contribution in [-0.4, -0.2) is 91.0 Å². The normalized spacial score (nSPS) is 13.6. The number of ether oxygens (including phenoxy) is 1. The molecule has 1 aliphatic heterocycles. The quantitative estimate of drug-likeness (QED) is 0.230. The van der Waals surface area contributed by atoms with Gasteiger partial charge in [0.05, 0.1) is 30.9 Å². The van der Waals surface area contributed by atoms with E-state index >= 15 is 0 Å². The number of hydrogen-bond acceptors (Lipinski definition) is 13. The maximum absolute atomic E-state index is 11.6. The van der Waals surface area contributed by atoms with Crippen molar-refractivity contribution < 1.29 is 14.7 Å². The molecule has 4 aromatic rings. The monoisotopic (exact) mass is 506 g/mol. The van der Waals surface area contributed by atoms with Crippen LogP contribution in [-0.2, 0) is 18.3 Å². The number of anilines is 3. The van der Waals surface area contributed by atoms with Crippen molar-refractivity contribution >= 4 is 34.8 Å². The summed E-state index contributed by atoms with van der Waals surface area (Å²) in [5.41, 5.74) is 3.75. The summed E-state index contributed by atoms with van der Waals surface area (Å²) in [5, 5.41) is 11.7. The largest absolute Gasteiger partial charge is 0.378 e. The smallest absolute Gasteiger partial charge is 0.277 e. The number of nitrogens with one attached hydrogen (secondary N) is 2. The van der Waals surface area contributed by atoms with Crippen LogP contribution >= 0.6 is 0 Å². The molecule has 0 atom stereocenters. The lowest BCUT2D eigenvalue weighted by molar-refractivity contribution is 0.0705. The van der Waals surface area contributed by atoms with E-state index in [0.717, 1.165) is 11.6 Å². The summed E-state index contributed by atoms with van der Waals surface area (Å²) in [6, 6.07) is 0. The molecule has 1 amide bonds. The van der Waals surface area contributed by atoms with Gasteiger partial charge in [0, 0.05) is 59.0 Å². The Morgan fingerprint density at radius 2 is 1.78 bits per heavy atom. The Kier molecular flexibility index (Phi) is 6.70. The molecule has 5 heterocycles. The summed E-state index contributed by atoms with van der Waals surface area (Å²) in [4.78, 5) is 47.1. The highest BCUT2D eigenvalue weighted by atomic mass is 16.5. The van der Waals surface area contributed by atoms with Gasteiger partial charge in [-0.05, 0) is 0 Å². The number of morpholine rings is 1. The van der Waals surface area contributed by atoms with E-state index in [1.807, 2.05) is 18.7 Å². The van der Waals surface area contributed by atoms with E-state index in [0.29, 0.717) is 67.3 Å². The number of imidazole rings is 1. The molecule has 0 saturated carbocycles. The first-order chi connectivity index (χ1) is 18.0. The first-order valence-corrected chi connectivity index (χ1v) is 11.5. The lowest BCUT2D eigenvalue weighted by Gasteiger charge is -2.28. The maximum Gasteiger partial charge on any atom is 0.277 e. The van der Waals surface area contributed by atoms with Crippen LogP contribution in [0.3, 0.4) is 0 Å². The van der Waals surface area contributed by atoms with Gasteiger partial charge in [0.1, 0.15) is 5.82 Å². The molecule has 1 aliphatic rings. The maximum atomic E-state index is 11.6. The van der Waals surface area contributed by atoms with Crippen LogP contribution in [0.25, 0.3) is 22.6 Å². The number of aryl methyl sites for hydroxylation is 1. The average Bonchev–Trinajstić information content (AvgIpc) is 3.27. The SMILES string of the molecule is CNc1ncc(-c2nc(N3CCOCC3)c3nc(CN(C)c4ncc(C(=O)NO)cn4)n(C)c3n2)cn1. The average molecular weight is 507 g/mol. The Hall–Kier alpha value is -4.50. The molecular formula is C22H26N12O3. The first kappa shape index (κ1) is 24.2. The van der Waals surface area contributed by atoms with Gasteiger partial charge in [-0.25, -0.2) is 40.4 Å². The fourth-order valence-electron chi connectivity index (χ4n) is 3.91. The van der Waals surface area contributed by atoms with Gasteiger partial charge in [-0.3, -0.25) is 10.0 Å². The number of nitrogens with zero attached hydrogens (tertiary/aromatic N) is 10. The second kappa shape index (κ2) is 10.2. The summed E-state index contributed by atoms with van der Waals surface area (Å²) in [6.45, 7) is 2.95. The van der Waals surface area contributed by atoms with Crippen molar-refractivity contribution in [2.45, 2.75) is 6.54 Å². The van der Waals surface area contributed by atoms with Crippen LogP contribution in [0.4, 0.5) is 17.7 Å². The zero-order valence-electron chi connectivity index (χ0n) is 20.6. The summed E-state index contributed by atoms with van der Waals surface area (Å²) in [6.07, 6.45) is 6.06. The molecule has 15 heteroatoms. The predicted molar refractivity (Wildman–Crippen MR) is 133 cm³/mol. The van der Waals surface area contributed by atoms with Gasteiger partial charge in [-0.1, -0.05) is 0 Å². The number of fused-ring (bicyclic) bond motifs is 1. The molecule has 1 saturated heterocycles. The van der Waals surface area contributed by atoms with Gasteiger partial charge < -0.3 is 24.4 Å². The number of aromatic nitrogens is 8. The van der Waals surface area contributed by atoms with Crippen molar-refractivity contribution in [3.63, 3.8) is 0 Å². The van der Waals surface area contributed by atoms with Gasteiger partial charge >= 0.3 is 0 Å². The Balaban J connectivity index is 1.52. The van der Waals surface area contributed by atoms with Crippen molar-refractivity contribution in [2.24, 2.45) is 7.05 Å². The third kappa shape index (κ3) is 4.81. The second-order valence-corrected chi connectivity index (χ2v) is 8.34. The Morgan fingerprint density at radius 3 is 2.43 bits per heavy atom. The molecule has 1 fully saturated rings. The molecular weight excluding hydrogens is 480 g/mol. The van der Waals surface area contributed by atoms with Crippen LogP contribution in [0.15, 0.2) is 24.8 Å². The molecule has 0 unspecified atom stereocenters. The minimum absolute atomic E-state index is 0.145. The number of hydroxylamine groups is 1. The Bertz CT molecular complexity index is 1400. The fourth-order valence-corrected chi connectivity index (χ4v) is 3.91. The predicted octanol–water partition coefficient (Wildman–Crippen LogP) is 0.244. The number of carbonyl (C=O) groups excluding carboxylic acids is 1. The molecule has 0 spiro atoms. The van der Waals surface area contributed by atoms with Gasteiger partial charge in [-0.15, -0.1) is 0 Å². The van der Waals surface area contributed by atoms with Crippen molar-refractivity contribution in [3.05, 3.63) is 36.2 Å². The van der Waals surface area contributed by atoms with E-state index in [4.69, 9.17) is 24.9 Å². The minimum Gasteiger partial charge on any atom is -0.378 e. The minimum atomic E-state index is -0.680.